The highest BCUT2D eigenvalue weighted by atomic mass is 32.1. The van der Waals surface area contributed by atoms with Gasteiger partial charge in [0.15, 0.2) is 0 Å². The lowest BCUT2D eigenvalue weighted by Crippen LogP contribution is -2.19. The molecule has 0 radical (unpaired) electrons. The van der Waals surface area contributed by atoms with Gasteiger partial charge in [-0.1, -0.05) is 18.2 Å². The second-order valence-corrected chi connectivity index (χ2v) is 5.19. The zero-order chi connectivity index (χ0) is 16.7. The monoisotopic (exact) mass is 333 g/mol. The van der Waals surface area contributed by atoms with E-state index in [1.807, 2.05) is 0 Å². The molecule has 1 aromatic carbocycles. The highest BCUT2D eigenvalue weighted by Crippen LogP contribution is 2.14. The van der Waals surface area contributed by atoms with Crippen LogP contribution in [0.4, 0.5) is 4.39 Å². The quantitative estimate of drug-likeness (QED) is 0.603. The Hall–Kier alpha value is -2.54. The van der Waals surface area contributed by atoms with Crippen molar-refractivity contribution in [3.05, 3.63) is 58.9 Å². The third kappa shape index (κ3) is 4.72. The fourth-order valence-corrected chi connectivity index (χ4v) is 2.33. The first-order valence-electron chi connectivity index (χ1n) is 6.97. The van der Waals surface area contributed by atoms with E-state index < -0.39 is 5.97 Å². The summed E-state index contributed by atoms with van der Waals surface area (Å²) in [5, 5.41) is 12.6. The summed E-state index contributed by atoms with van der Waals surface area (Å²) in [6.45, 7) is 2.09. The van der Waals surface area contributed by atoms with Gasteiger partial charge in [-0.3, -0.25) is 5.41 Å². The summed E-state index contributed by atoms with van der Waals surface area (Å²) in [7, 11) is 0. The maximum absolute atomic E-state index is 13.7. The van der Waals surface area contributed by atoms with Gasteiger partial charge in [0, 0.05) is 17.5 Å². The lowest BCUT2D eigenvalue weighted by Gasteiger charge is -2.10. The minimum atomic E-state index is -0.715. The van der Waals surface area contributed by atoms with Crippen molar-refractivity contribution < 1.29 is 13.9 Å². The predicted molar refractivity (Wildman–Crippen MR) is 87.7 cm³/mol. The molecule has 2 aromatic rings. The Kier molecular flexibility index (Phi) is 5.99. The summed E-state index contributed by atoms with van der Waals surface area (Å²) in [6.07, 6.45) is 1.34. The first-order valence-corrected chi connectivity index (χ1v) is 7.81. The zero-order valence-electron chi connectivity index (χ0n) is 12.5. The number of hydrogen-bond acceptors (Lipinski definition) is 6. The van der Waals surface area contributed by atoms with Gasteiger partial charge in [-0.15, -0.1) is 0 Å². The molecule has 23 heavy (non-hydrogen) atoms. The number of carbonyl (C=O) groups is 1. The van der Waals surface area contributed by atoms with Gasteiger partial charge >= 0.3 is 5.97 Å². The molecule has 120 valence electrons. The molecule has 0 spiro atoms. The molecule has 0 fully saturated rings. The van der Waals surface area contributed by atoms with Crippen molar-refractivity contribution in [2.75, 3.05) is 6.61 Å². The zero-order valence-corrected chi connectivity index (χ0v) is 13.3. The first kappa shape index (κ1) is 16.8. The SMILES string of the molecule is CCOC(=O)C(=N)/C=C(\NCc1ccccc1F)c1ccsn1. The molecule has 1 aromatic heterocycles. The van der Waals surface area contributed by atoms with Crippen LogP contribution >= 0.6 is 11.5 Å². The standard InChI is InChI=1S/C16H16FN3O2S/c1-2-22-16(21)13(18)9-15(14-7-8-23-20-14)19-10-11-5-3-4-6-12(11)17/h3-9,18-19H,2,10H2,1H3/b15-9-,18-13?. The summed E-state index contributed by atoms with van der Waals surface area (Å²) in [4.78, 5) is 11.6. The van der Waals surface area contributed by atoms with E-state index in [-0.39, 0.29) is 24.7 Å². The summed E-state index contributed by atoms with van der Waals surface area (Å²) in [5.74, 6) is -1.04. The number of halogens is 1. The maximum Gasteiger partial charge on any atom is 0.356 e. The molecule has 1 heterocycles. The van der Waals surface area contributed by atoms with Crippen LogP contribution in [0.25, 0.3) is 5.70 Å². The number of benzene rings is 1. The minimum Gasteiger partial charge on any atom is -0.461 e. The molecule has 0 saturated carbocycles. The topological polar surface area (TPSA) is 75.1 Å². The molecule has 2 N–H and O–H groups in total. The second-order valence-electron chi connectivity index (χ2n) is 4.52. The molecule has 0 aliphatic carbocycles. The van der Waals surface area contributed by atoms with Gasteiger partial charge in [-0.25, -0.2) is 9.18 Å². The Morgan fingerprint density at radius 3 is 2.87 bits per heavy atom. The number of nitrogens with one attached hydrogen (secondary N) is 2. The maximum atomic E-state index is 13.7. The first-order chi connectivity index (χ1) is 11.1. The average Bonchev–Trinajstić information content (AvgIpc) is 3.07. The average molecular weight is 333 g/mol. The van der Waals surface area contributed by atoms with Gasteiger partial charge < -0.3 is 10.1 Å². The van der Waals surface area contributed by atoms with E-state index in [1.54, 1.807) is 36.6 Å². The van der Waals surface area contributed by atoms with Crippen LogP contribution in [0.3, 0.4) is 0 Å². The second kappa shape index (κ2) is 8.19. The Labute approximate surface area is 137 Å². The number of rotatable bonds is 7. The Morgan fingerprint density at radius 1 is 1.43 bits per heavy atom. The fraction of sp³-hybridized carbons (Fsp3) is 0.188. The molecule has 2 rings (SSSR count). The van der Waals surface area contributed by atoms with Crippen molar-refractivity contribution in [3.8, 4) is 0 Å². The predicted octanol–water partition coefficient (Wildman–Crippen LogP) is 3.00. The van der Waals surface area contributed by atoms with Gasteiger partial charge in [0.2, 0.25) is 0 Å². The van der Waals surface area contributed by atoms with Crippen LogP contribution < -0.4 is 5.32 Å². The van der Waals surface area contributed by atoms with Crippen molar-refractivity contribution in [3.63, 3.8) is 0 Å². The number of carbonyl (C=O) groups excluding carboxylic acids is 1. The van der Waals surface area contributed by atoms with Crippen molar-refractivity contribution >= 4 is 28.9 Å². The summed E-state index contributed by atoms with van der Waals surface area (Å²) in [6, 6.07) is 8.16. The molecule has 0 aliphatic heterocycles. The normalized spacial score (nSPS) is 11.1. The van der Waals surface area contributed by atoms with E-state index in [2.05, 4.69) is 9.69 Å². The number of aromatic nitrogens is 1. The van der Waals surface area contributed by atoms with Gasteiger partial charge in [0.25, 0.3) is 0 Å². The van der Waals surface area contributed by atoms with E-state index in [9.17, 15) is 9.18 Å². The van der Waals surface area contributed by atoms with Crippen LogP contribution in [0.5, 0.6) is 0 Å². The smallest absolute Gasteiger partial charge is 0.356 e. The van der Waals surface area contributed by atoms with Crippen LogP contribution in [0.2, 0.25) is 0 Å². The Morgan fingerprint density at radius 2 is 2.22 bits per heavy atom. The van der Waals surface area contributed by atoms with Crippen molar-refractivity contribution in [2.24, 2.45) is 0 Å². The van der Waals surface area contributed by atoms with Crippen molar-refractivity contribution in [1.29, 1.82) is 5.41 Å². The molecule has 0 unspecified atom stereocenters. The molecule has 7 heteroatoms. The van der Waals surface area contributed by atoms with Crippen LogP contribution in [0.15, 0.2) is 41.8 Å². The van der Waals surface area contributed by atoms with Crippen LogP contribution in [0, 0.1) is 11.2 Å². The molecular formula is C16H16FN3O2S. The lowest BCUT2D eigenvalue weighted by atomic mass is 10.2. The van der Waals surface area contributed by atoms with Gasteiger partial charge in [0.05, 0.1) is 18.0 Å². The molecule has 0 bridgehead atoms. The van der Waals surface area contributed by atoms with E-state index in [0.717, 1.165) is 0 Å². The van der Waals surface area contributed by atoms with Crippen molar-refractivity contribution in [2.45, 2.75) is 13.5 Å². The van der Waals surface area contributed by atoms with Gasteiger partial charge in [0.1, 0.15) is 11.5 Å². The van der Waals surface area contributed by atoms with Crippen LogP contribution in [-0.4, -0.2) is 22.7 Å². The lowest BCUT2D eigenvalue weighted by molar-refractivity contribution is -0.135. The molecule has 0 amide bonds. The highest BCUT2D eigenvalue weighted by Gasteiger charge is 2.12. The third-order valence-electron chi connectivity index (χ3n) is 2.92. The molecular weight excluding hydrogens is 317 g/mol. The summed E-state index contributed by atoms with van der Waals surface area (Å²) in [5.41, 5.74) is 1.24. The van der Waals surface area contributed by atoms with Crippen molar-refractivity contribution in [1.82, 2.24) is 9.69 Å². The minimum absolute atomic E-state index is 0.198. The molecule has 0 atom stereocenters. The number of nitrogens with zero attached hydrogens (tertiary/aromatic N) is 1. The highest BCUT2D eigenvalue weighted by molar-refractivity contribution is 7.03. The molecule has 0 aliphatic rings. The van der Waals surface area contributed by atoms with E-state index in [0.29, 0.717) is 17.0 Å². The number of hydrogen-bond donors (Lipinski definition) is 2. The third-order valence-corrected chi connectivity index (χ3v) is 3.48. The summed E-state index contributed by atoms with van der Waals surface area (Å²) >= 11 is 1.25. The number of ether oxygens (including phenoxy) is 1. The fourth-order valence-electron chi connectivity index (χ4n) is 1.81. The Bertz CT molecular complexity index is 714. The summed E-state index contributed by atoms with van der Waals surface area (Å²) < 4.78 is 22.7. The largest absolute Gasteiger partial charge is 0.461 e. The van der Waals surface area contributed by atoms with E-state index >= 15 is 0 Å². The van der Waals surface area contributed by atoms with E-state index in [4.69, 9.17) is 10.1 Å². The molecule has 0 saturated heterocycles. The Balaban J connectivity index is 2.17. The van der Waals surface area contributed by atoms with Gasteiger partial charge in [-0.05, 0) is 36.7 Å². The van der Waals surface area contributed by atoms with Gasteiger partial charge in [-0.2, -0.15) is 4.37 Å². The number of esters is 1. The van der Waals surface area contributed by atoms with Crippen LogP contribution in [0.1, 0.15) is 18.2 Å². The van der Waals surface area contributed by atoms with E-state index in [1.165, 1.54) is 23.7 Å². The molecule has 5 nitrogen and oxygen atoms in total. The van der Waals surface area contributed by atoms with Crippen LogP contribution in [-0.2, 0) is 16.1 Å².